The molecule has 6 heteroatoms. The van der Waals surface area contributed by atoms with E-state index in [-0.39, 0.29) is 18.8 Å². The van der Waals surface area contributed by atoms with Crippen molar-refractivity contribution in [1.82, 2.24) is 0 Å². The molecule has 132 valence electrons. The number of carbonyl (C=O) groups excluding carboxylic acids is 2. The molecule has 0 aromatic heterocycles. The van der Waals surface area contributed by atoms with Crippen molar-refractivity contribution in [3.63, 3.8) is 0 Å². The fourth-order valence-electron chi connectivity index (χ4n) is 2.41. The quantitative estimate of drug-likeness (QED) is 0.466. The van der Waals surface area contributed by atoms with E-state index in [1.54, 1.807) is 25.1 Å². The zero-order chi connectivity index (χ0) is 18.4. The molecule has 0 saturated carbocycles. The maximum absolute atomic E-state index is 12.0. The van der Waals surface area contributed by atoms with E-state index >= 15 is 0 Å². The third-order valence-corrected chi connectivity index (χ3v) is 3.65. The molecule has 2 atom stereocenters. The van der Waals surface area contributed by atoms with Gasteiger partial charge in [0.25, 0.3) is 0 Å². The number of benzene rings is 1. The van der Waals surface area contributed by atoms with Crippen LogP contribution in [0.1, 0.15) is 18.9 Å². The van der Waals surface area contributed by atoms with Gasteiger partial charge in [0, 0.05) is 18.1 Å². The number of phenols is 1. The molecule has 1 saturated heterocycles. The highest BCUT2D eigenvalue weighted by molar-refractivity contribution is 5.91. The summed E-state index contributed by atoms with van der Waals surface area (Å²) in [6.07, 6.45) is 2.99. The number of hydrogen-bond acceptors (Lipinski definition) is 6. The van der Waals surface area contributed by atoms with Gasteiger partial charge in [0.2, 0.25) is 0 Å². The summed E-state index contributed by atoms with van der Waals surface area (Å²) in [5, 5.41) is 18.1. The van der Waals surface area contributed by atoms with E-state index in [1.165, 1.54) is 24.3 Å². The molecule has 2 N–H and O–H groups in total. The van der Waals surface area contributed by atoms with Crippen molar-refractivity contribution in [2.75, 3.05) is 6.61 Å². The smallest absolute Gasteiger partial charge is 0.334 e. The molecule has 0 bridgehead atoms. The molecule has 0 spiro atoms. The molecule has 1 heterocycles. The average molecular weight is 344 g/mol. The van der Waals surface area contributed by atoms with Crippen LogP contribution < -0.4 is 0 Å². The molecule has 1 aliphatic heterocycles. The highest BCUT2D eigenvalue weighted by Crippen LogP contribution is 2.27. The molecule has 0 amide bonds. The monoisotopic (exact) mass is 344 g/mol. The largest absolute Gasteiger partial charge is 0.508 e. The van der Waals surface area contributed by atoms with Gasteiger partial charge in [-0.3, -0.25) is 0 Å². The Labute approximate surface area is 145 Å². The maximum Gasteiger partial charge on any atom is 0.334 e. The van der Waals surface area contributed by atoms with Crippen LogP contribution in [0.4, 0.5) is 0 Å². The lowest BCUT2D eigenvalue weighted by molar-refractivity contribution is -0.154. The van der Waals surface area contributed by atoms with E-state index in [4.69, 9.17) is 14.6 Å². The van der Waals surface area contributed by atoms with Crippen molar-refractivity contribution in [3.05, 3.63) is 59.7 Å². The van der Waals surface area contributed by atoms with Gasteiger partial charge in [0.05, 0.1) is 6.61 Å². The number of phenolic OH excluding ortho intramolecular Hbond substituents is 1. The van der Waals surface area contributed by atoms with Crippen molar-refractivity contribution >= 4 is 18.0 Å². The Balaban J connectivity index is 2.03. The predicted molar refractivity (Wildman–Crippen MR) is 91.5 cm³/mol. The first kappa shape index (κ1) is 18.5. The minimum absolute atomic E-state index is 0.136. The molecule has 1 fully saturated rings. The summed E-state index contributed by atoms with van der Waals surface area (Å²) in [6.45, 7) is 5.21. The summed E-state index contributed by atoms with van der Waals surface area (Å²) in [5.41, 5.74) is 1.63. The number of rotatable bonds is 6. The van der Waals surface area contributed by atoms with E-state index in [9.17, 15) is 14.7 Å². The number of esters is 2. The van der Waals surface area contributed by atoms with Gasteiger partial charge in [-0.05, 0) is 42.3 Å². The van der Waals surface area contributed by atoms with Crippen molar-refractivity contribution in [3.8, 4) is 5.75 Å². The summed E-state index contributed by atoms with van der Waals surface area (Å²) in [7, 11) is 0. The van der Waals surface area contributed by atoms with E-state index in [0.717, 1.165) is 5.56 Å². The topological polar surface area (TPSA) is 93.1 Å². The molecular weight excluding hydrogens is 324 g/mol. The zero-order valence-corrected chi connectivity index (χ0v) is 13.8. The molecule has 6 nitrogen and oxygen atoms in total. The van der Waals surface area contributed by atoms with Gasteiger partial charge in [0.1, 0.15) is 11.9 Å². The first-order valence-corrected chi connectivity index (χ1v) is 7.74. The Hall–Kier alpha value is -2.86. The van der Waals surface area contributed by atoms with Crippen molar-refractivity contribution in [2.45, 2.75) is 25.6 Å². The fraction of sp³-hybridized carbons (Fsp3) is 0.263. The van der Waals surface area contributed by atoms with Crippen LogP contribution in [0.25, 0.3) is 6.08 Å². The van der Waals surface area contributed by atoms with E-state index in [2.05, 4.69) is 6.58 Å². The molecule has 0 aliphatic carbocycles. The molecule has 1 aromatic carbocycles. The summed E-state index contributed by atoms with van der Waals surface area (Å²) < 4.78 is 10.6. The third kappa shape index (κ3) is 5.06. The van der Waals surface area contributed by atoms with Crippen LogP contribution in [0.3, 0.4) is 0 Å². The van der Waals surface area contributed by atoms with Crippen LogP contribution in [-0.4, -0.2) is 41.0 Å². The SMILES string of the molecule is C=C(C)[C@@H](OC(=O)/C=C/c1ccc(O)cc1)[C@@H]1C/C(=C/CO)C(=O)O1. The van der Waals surface area contributed by atoms with Gasteiger partial charge in [-0.15, -0.1) is 0 Å². The van der Waals surface area contributed by atoms with Gasteiger partial charge in [0.15, 0.2) is 6.10 Å². The molecule has 0 unspecified atom stereocenters. The minimum Gasteiger partial charge on any atom is -0.508 e. The van der Waals surface area contributed by atoms with Crippen LogP contribution in [-0.2, 0) is 19.1 Å². The maximum atomic E-state index is 12.0. The lowest BCUT2D eigenvalue weighted by atomic mass is 10.0. The van der Waals surface area contributed by atoms with Crippen molar-refractivity contribution < 1.29 is 29.3 Å². The Morgan fingerprint density at radius 2 is 2.12 bits per heavy atom. The predicted octanol–water partition coefficient (Wildman–Crippen LogP) is 2.13. The van der Waals surface area contributed by atoms with Gasteiger partial charge in [-0.2, -0.15) is 0 Å². The van der Waals surface area contributed by atoms with Gasteiger partial charge in [-0.1, -0.05) is 18.7 Å². The second-order valence-corrected chi connectivity index (χ2v) is 5.69. The average Bonchev–Trinajstić information content (AvgIpc) is 2.92. The Morgan fingerprint density at radius 1 is 1.44 bits per heavy atom. The van der Waals surface area contributed by atoms with Crippen LogP contribution >= 0.6 is 0 Å². The van der Waals surface area contributed by atoms with Crippen LogP contribution in [0.2, 0.25) is 0 Å². The summed E-state index contributed by atoms with van der Waals surface area (Å²) in [4.78, 5) is 23.8. The third-order valence-electron chi connectivity index (χ3n) is 3.65. The van der Waals surface area contributed by atoms with Crippen molar-refractivity contribution in [2.24, 2.45) is 0 Å². The van der Waals surface area contributed by atoms with Crippen LogP contribution in [0, 0.1) is 0 Å². The number of aliphatic hydroxyl groups excluding tert-OH is 1. The molecular formula is C19H20O6. The number of cyclic esters (lactones) is 1. The second-order valence-electron chi connectivity index (χ2n) is 5.69. The van der Waals surface area contributed by atoms with E-state index in [0.29, 0.717) is 11.1 Å². The number of ether oxygens (including phenoxy) is 2. The summed E-state index contributed by atoms with van der Waals surface area (Å²) in [6, 6.07) is 6.32. The van der Waals surface area contributed by atoms with E-state index < -0.39 is 24.1 Å². The molecule has 0 radical (unpaired) electrons. The normalized spacial score (nSPS) is 19.8. The zero-order valence-electron chi connectivity index (χ0n) is 13.8. The van der Waals surface area contributed by atoms with Crippen LogP contribution in [0.5, 0.6) is 5.75 Å². The first-order valence-electron chi connectivity index (χ1n) is 7.74. The molecule has 25 heavy (non-hydrogen) atoms. The van der Waals surface area contributed by atoms with E-state index in [1.807, 2.05) is 0 Å². The molecule has 1 aromatic rings. The Morgan fingerprint density at radius 3 is 2.72 bits per heavy atom. The lowest BCUT2D eigenvalue weighted by Gasteiger charge is -2.22. The Bertz CT molecular complexity index is 714. The summed E-state index contributed by atoms with van der Waals surface area (Å²) >= 11 is 0. The molecule has 1 aliphatic rings. The van der Waals surface area contributed by atoms with Gasteiger partial charge in [-0.25, -0.2) is 9.59 Å². The Kier molecular flexibility index (Phi) is 6.14. The van der Waals surface area contributed by atoms with Crippen molar-refractivity contribution in [1.29, 1.82) is 0 Å². The minimum atomic E-state index is -0.773. The lowest BCUT2D eigenvalue weighted by Crippen LogP contribution is -2.31. The van der Waals surface area contributed by atoms with Crippen LogP contribution in [0.15, 0.2) is 54.1 Å². The number of hydrogen-bond donors (Lipinski definition) is 2. The number of carbonyl (C=O) groups is 2. The van der Waals surface area contributed by atoms with Gasteiger partial charge >= 0.3 is 11.9 Å². The van der Waals surface area contributed by atoms with Gasteiger partial charge < -0.3 is 19.7 Å². The standard InChI is InChI=1S/C19H20O6/c1-12(2)18(16-11-14(9-10-20)19(23)24-16)25-17(22)8-5-13-3-6-15(21)7-4-13/h3-9,16,18,20-21H,1,10-11H2,2H3/b8-5+,14-9-/t16-,18+/m0/s1. The number of aromatic hydroxyl groups is 1. The molecule has 2 rings (SSSR count). The summed E-state index contributed by atoms with van der Waals surface area (Å²) in [5.74, 6) is -0.991. The fourth-order valence-corrected chi connectivity index (χ4v) is 2.41. The first-order chi connectivity index (χ1) is 11.9. The highest BCUT2D eigenvalue weighted by atomic mass is 16.6. The highest BCUT2D eigenvalue weighted by Gasteiger charge is 2.37. The second kappa shape index (κ2) is 8.30. The number of aliphatic hydroxyl groups is 1.